The number of aromatic carboxylic acids is 1. The van der Waals surface area contributed by atoms with Gasteiger partial charge in [0, 0.05) is 36.1 Å². The summed E-state index contributed by atoms with van der Waals surface area (Å²) in [5.74, 6) is 0.220. The van der Waals surface area contributed by atoms with Gasteiger partial charge in [-0.25, -0.2) is 9.18 Å². The van der Waals surface area contributed by atoms with E-state index in [0.717, 1.165) is 40.3 Å². The first-order valence-electron chi connectivity index (χ1n) is 10.4. The highest BCUT2D eigenvalue weighted by atomic mass is 19.1. The Bertz CT molecular complexity index is 1110. The van der Waals surface area contributed by atoms with Gasteiger partial charge in [-0.2, -0.15) is 0 Å². The number of carbonyl (C=O) groups is 1. The number of nitrogens with one attached hydrogen (secondary N) is 1. The number of carboxylic acids is 1. The highest BCUT2D eigenvalue weighted by Crippen LogP contribution is 2.26. The highest BCUT2D eigenvalue weighted by molar-refractivity contribution is 5.91. The first kappa shape index (κ1) is 23.3. The van der Waals surface area contributed by atoms with Gasteiger partial charge in [-0.1, -0.05) is 18.2 Å². The molecule has 0 aliphatic carbocycles. The number of hydrogen-bond acceptors (Lipinski definition) is 4. The highest BCUT2D eigenvalue weighted by Gasteiger charge is 2.22. The Morgan fingerprint density at radius 2 is 1.88 bits per heavy atom. The third-order valence-electron chi connectivity index (χ3n) is 5.72. The summed E-state index contributed by atoms with van der Waals surface area (Å²) in [5.41, 5.74) is 4.39. The Balaban J connectivity index is 1.74. The summed E-state index contributed by atoms with van der Waals surface area (Å²) in [6.45, 7) is 5.18. The van der Waals surface area contributed by atoms with Crippen molar-refractivity contribution in [3.8, 4) is 11.5 Å². The molecule has 2 aromatic carbocycles. The summed E-state index contributed by atoms with van der Waals surface area (Å²) >= 11 is 0. The molecule has 0 aliphatic rings. The van der Waals surface area contributed by atoms with E-state index in [2.05, 4.69) is 5.32 Å². The van der Waals surface area contributed by atoms with Gasteiger partial charge >= 0.3 is 5.97 Å². The molecule has 0 atom stereocenters. The molecule has 3 aromatic rings. The van der Waals surface area contributed by atoms with Gasteiger partial charge in [-0.05, 0) is 56.1 Å². The van der Waals surface area contributed by atoms with E-state index in [4.69, 9.17) is 9.47 Å². The summed E-state index contributed by atoms with van der Waals surface area (Å²) in [6, 6.07) is 12.1. The van der Waals surface area contributed by atoms with Crippen LogP contribution in [0.4, 0.5) is 4.39 Å². The van der Waals surface area contributed by atoms with Crippen molar-refractivity contribution < 1.29 is 23.8 Å². The molecule has 1 aromatic heterocycles. The van der Waals surface area contributed by atoms with Crippen molar-refractivity contribution in [1.82, 2.24) is 9.88 Å². The van der Waals surface area contributed by atoms with E-state index in [9.17, 15) is 14.3 Å². The fraction of sp³-hybridized carbons (Fsp3) is 0.320. The Kier molecular flexibility index (Phi) is 7.53. The van der Waals surface area contributed by atoms with Crippen LogP contribution in [0.5, 0.6) is 11.5 Å². The molecule has 0 aliphatic heterocycles. The maximum atomic E-state index is 13.6. The number of nitrogens with zero attached hydrogens (tertiary/aromatic N) is 1. The molecule has 0 bridgehead atoms. The SMILES string of the molecule is COc1ccc(CCNCc2c(C(=O)O)c(C)n(Cc3cccc(F)c3)c2C)c(OC)c1. The standard InChI is InChI=1S/C25H29FN2O4/c1-16-22(14-27-11-10-19-8-9-21(31-3)13-23(19)32-4)24(25(29)30)17(2)28(16)15-18-6-5-7-20(26)12-18/h5-9,12-13,27H,10-11,14-15H2,1-4H3,(H,29,30). The molecule has 1 heterocycles. The Morgan fingerprint density at radius 1 is 1.09 bits per heavy atom. The predicted molar refractivity (Wildman–Crippen MR) is 121 cm³/mol. The number of aromatic nitrogens is 1. The minimum absolute atomic E-state index is 0.299. The fourth-order valence-electron chi connectivity index (χ4n) is 4.00. The van der Waals surface area contributed by atoms with Gasteiger partial charge in [0.25, 0.3) is 0 Å². The molecule has 7 heteroatoms. The van der Waals surface area contributed by atoms with E-state index in [-0.39, 0.29) is 5.82 Å². The minimum Gasteiger partial charge on any atom is -0.497 e. The lowest BCUT2D eigenvalue weighted by Gasteiger charge is -2.12. The monoisotopic (exact) mass is 440 g/mol. The Morgan fingerprint density at radius 3 is 2.53 bits per heavy atom. The molecular formula is C25H29FN2O4. The van der Waals surface area contributed by atoms with Crippen molar-refractivity contribution in [1.29, 1.82) is 0 Å². The fourth-order valence-corrected chi connectivity index (χ4v) is 4.00. The number of halogens is 1. The molecule has 0 amide bonds. The molecule has 2 N–H and O–H groups in total. The molecule has 0 saturated heterocycles. The van der Waals surface area contributed by atoms with Gasteiger partial charge in [-0.3, -0.25) is 0 Å². The molecule has 6 nitrogen and oxygen atoms in total. The lowest BCUT2D eigenvalue weighted by Crippen LogP contribution is -2.19. The van der Waals surface area contributed by atoms with Crippen molar-refractivity contribution >= 4 is 5.97 Å². The lowest BCUT2D eigenvalue weighted by molar-refractivity contribution is 0.0694. The zero-order chi connectivity index (χ0) is 23.3. The number of ether oxygens (including phenoxy) is 2. The Labute approximate surface area is 187 Å². The predicted octanol–water partition coefficient (Wildman–Crippen LogP) is 4.34. The summed E-state index contributed by atoms with van der Waals surface area (Å²) in [6.07, 6.45) is 0.720. The normalized spacial score (nSPS) is 10.9. The maximum Gasteiger partial charge on any atom is 0.337 e. The molecule has 32 heavy (non-hydrogen) atoms. The summed E-state index contributed by atoms with van der Waals surface area (Å²) < 4.78 is 26.2. The zero-order valence-corrected chi connectivity index (χ0v) is 18.9. The van der Waals surface area contributed by atoms with Crippen LogP contribution >= 0.6 is 0 Å². The molecule has 0 fully saturated rings. The smallest absolute Gasteiger partial charge is 0.337 e. The second-order valence-electron chi connectivity index (χ2n) is 7.65. The van der Waals surface area contributed by atoms with Gasteiger partial charge in [0.2, 0.25) is 0 Å². The molecule has 0 saturated carbocycles. The number of carboxylic acid groups (broad SMARTS) is 1. The minimum atomic E-state index is -0.961. The summed E-state index contributed by atoms with van der Waals surface area (Å²) in [7, 11) is 3.24. The average Bonchev–Trinajstić information content (AvgIpc) is 3.01. The third-order valence-corrected chi connectivity index (χ3v) is 5.72. The zero-order valence-electron chi connectivity index (χ0n) is 18.9. The number of benzene rings is 2. The molecular weight excluding hydrogens is 411 g/mol. The molecule has 0 unspecified atom stereocenters. The van der Waals surface area contributed by atoms with Crippen LogP contribution in [0.15, 0.2) is 42.5 Å². The van der Waals surface area contributed by atoms with Crippen LogP contribution in [0.3, 0.4) is 0 Å². The number of hydrogen-bond donors (Lipinski definition) is 2. The van der Waals surface area contributed by atoms with Crippen LogP contribution in [0, 0.1) is 19.7 Å². The second-order valence-corrected chi connectivity index (χ2v) is 7.65. The van der Waals surface area contributed by atoms with Gasteiger partial charge in [0.1, 0.15) is 17.3 Å². The lowest BCUT2D eigenvalue weighted by atomic mass is 10.1. The molecule has 3 rings (SSSR count). The third kappa shape index (κ3) is 5.11. The summed E-state index contributed by atoms with van der Waals surface area (Å²) in [4.78, 5) is 12.0. The topological polar surface area (TPSA) is 72.7 Å². The Hall–Kier alpha value is -3.32. The van der Waals surface area contributed by atoms with E-state index < -0.39 is 5.97 Å². The van der Waals surface area contributed by atoms with E-state index >= 15 is 0 Å². The van der Waals surface area contributed by atoms with Gasteiger partial charge in [0.15, 0.2) is 0 Å². The second kappa shape index (κ2) is 10.3. The largest absolute Gasteiger partial charge is 0.497 e. The van der Waals surface area contributed by atoms with Crippen LogP contribution in [-0.4, -0.2) is 36.4 Å². The first-order valence-corrected chi connectivity index (χ1v) is 10.4. The van der Waals surface area contributed by atoms with Crippen LogP contribution in [-0.2, 0) is 19.5 Å². The molecule has 170 valence electrons. The first-order chi connectivity index (χ1) is 15.3. The van der Waals surface area contributed by atoms with Crippen LogP contribution in [0.1, 0.15) is 38.4 Å². The van der Waals surface area contributed by atoms with Crippen molar-refractivity contribution in [2.45, 2.75) is 33.4 Å². The van der Waals surface area contributed by atoms with Crippen molar-refractivity contribution in [3.05, 3.63) is 81.9 Å². The average molecular weight is 441 g/mol. The van der Waals surface area contributed by atoms with E-state index in [1.54, 1.807) is 27.2 Å². The quantitative estimate of drug-likeness (QED) is 0.459. The van der Waals surface area contributed by atoms with Crippen LogP contribution in [0.25, 0.3) is 0 Å². The van der Waals surface area contributed by atoms with Crippen molar-refractivity contribution in [3.63, 3.8) is 0 Å². The van der Waals surface area contributed by atoms with Gasteiger partial charge in [-0.15, -0.1) is 0 Å². The van der Waals surface area contributed by atoms with Crippen molar-refractivity contribution in [2.75, 3.05) is 20.8 Å². The van der Waals surface area contributed by atoms with Gasteiger partial charge < -0.3 is 24.5 Å². The number of rotatable bonds is 10. The van der Waals surface area contributed by atoms with E-state index in [0.29, 0.717) is 30.9 Å². The van der Waals surface area contributed by atoms with Gasteiger partial charge in [0.05, 0.1) is 19.8 Å². The van der Waals surface area contributed by atoms with E-state index in [1.807, 2.05) is 35.8 Å². The van der Waals surface area contributed by atoms with E-state index in [1.165, 1.54) is 12.1 Å². The van der Waals surface area contributed by atoms with Crippen LogP contribution < -0.4 is 14.8 Å². The number of methoxy groups -OCH3 is 2. The van der Waals surface area contributed by atoms with Crippen LogP contribution in [0.2, 0.25) is 0 Å². The summed E-state index contributed by atoms with van der Waals surface area (Å²) in [5, 5.41) is 13.2. The molecule has 0 radical (unpaired) electrons. The van der Waals surface area contributed by atoms with Crippen molar-refractivity contribution in [2.24, 2.45) is 0 Å². The molecule has 0 spiro atoms. The maximum absolute atomic E-state index is 13.6.